The standard InChI is InChI=1S/C22H22N2O4S.C2H6/c1-13(2)28-21-14(3)22(25)24(17-7-8-17)20-12-16(6-11-19(20)21)15-4-9-18(10-5-15)29(23,26)27;1-2/h4-6,9-12,17H,1,7-8H2,2-3H3,(H2,23,26,27);1-2H3. The molecule has 31 heavy (non-hydrogen) atoms. The summed E-state index contributed by atoms with van der Waals surface area (Å²) in [6.45, 7) is 11.3. The predicted octanol–water partition coefficient (Wildman–Crippen LogP) is 4.90. The molecule has 0 unspecified atom stereocenters. The second-order valence-electron chi connectivity index (χ2n) is 7.47. The van der Waals surface area contributed by atoms with Crippen LogP contribution in [0.2, 0.25) is 0 Å². The Hall–Kier alpha value is -2.90. The van der Waals surface area contributed by atoms with Crippen LogP contribution >= 0.6 is 0 Å². The molecule has 2 aromatic carbocycles. The minimum absolute atomic E-state index is 0.0574. The number of ether oxygens (including phenoxy) is 1. The lowest BCUT2D eigenvalue weighted by Crippen LogP contribution is -2.23. The van der Waals surface area contributed by atoms with Crippen molar-refractivity contribution in [3.63, 3.8) is 0 Å². The molecule has 1 aliphatic carbocycles. The lowest BCUT2D eigenvalue weighted by atomic mass is 10.0. The van der Waals surface area contributed by atoms with Gasteiger partial charge in [0.15, 0.2) is 0 Å². The summed E-state index contributed by atoms with van der Waals surface area (Å²) in [6.07, 6.45) is 1.95. The van der Waals surface area contributed by atoms with Gasteiger partial charge in [0, 0.05) is 11.4 Å². The molecule has 4 rings (SSSR count). The van der Waals surface area contributed by atoms with Crippen molar-refractivity contribution in [1.82, 2.24) is 4.57 Å². The summed E-state index contributed by atoms with van der Waals surface area (Å²) in [5, 5.41) is 6.03. The molecule has 3 aromatic rings. The van der Waals surface area contributed by atoms with Gasteiger partial charge in [-0.3, -0.25) is 4.79 Å². The van der Waals surface area contributed by atoms with Gasteiger partial charge in [-0.05, 0) is 62.1 Å². The molecule has 1 heterocycles. The third-order valence-corrected chi connectivity index (χ3v) is 6.02. The molecule has 1 fully saturated rings. The van der Waals surface area contributed by atoms with Gasteiger partial charge in [0.25, 0.3) is 5.56 Å². The van der Waals surface area contributed by atoms with Crippen LogP contribution in [0.3, 0.4) is 0 Å². The Labute approximate surface area is 183 Å². The molecule has 0 bridgehead atoms. The van der Waals surface area contributed by atoms with E-state index in [-0.39, 0.29) is 16.5 Å². The van der Waals surface area contributed by atoms with Crippen LogP contribution in [0.4, 0.5) is 0 Å². The van der Waals surface area contributed by atoms with E-state index in [4.69, 9.17) is 9.88 Å². The average molecular weight is 441 g/mol. The van der Waals surface area contributed by atoms with Gasteiger partial charge in [0.05, 0.1) is 21.7 Å². The molecular formula is C24H28N2O4S. The van der Waals surface area contributed by atoms with Crippen molar-refractivity contribution >= 4 is 20.9 Å². The quantitative estimate of drug-likeness (QED) is 0.571. The molecule has 164 valence electrons. The summed E-state index contributed by atoms with van der Waals surface area (Å²) in [4.78, 5) is 13.1. The van der Waals surface area contributed by atoms with Crippen LogP contribution < -0.4 is 15.4 Å². The number of benzene rings is 2. The highest BCUT2D eigenvalue weighted by molar-refractivity contribution is 7.89. The lowest BCUT2D eigenvalue weighted by Gasteiger charge is -2.17. The first-order chi connectivity index (χ1) is 14.7. The Balaban J connectivity index is 0.00000132. The van der Waals surface area contributed by atoms with Gasteiger partial charge >= 0.3 is 0 Å². The Morgan fingerprint density at radius 2 is 1.68 bits per heavy atom. The number of aromatic nitrogens is 1. The molecule has 2 N–H and O–H groups in total. The van der Waals surface area contributed by atoms with Crippen molar-refractivity contribution in [2.75, 3.05) is 0 Å². The van der Waals surface area contributed by atoms with Crippen LogP contribution in [0.15, 0.2) is 64.5 Å². The van der Waals surface area contributed by atoms with Gasteiger partial charge in [0.2, 0.25) is 10.0 Å². The Morgan fingerprint density at radius 1 is 1.10 bits per heavy atom. The SMILES string of the molecule is C=C(C)Oc1c(C)c(=O)n(C2CC2)c2cc(-c3ccc(S(N)(=O)=O)cc3)ccc12.CC. The van der Waals surface area contributed by atoms with Crippen LogP contribution in [0.1, 0.15) is 45.2 Å². The number of pyridine rings is 1. The van der Waals surface area contributed by atoms with Crippen molar-refractivity contribution in [2.24, 2.45) is 5.14 Å². The number of nitrogens with two attached hydrogens (primary N) is 1. The van der Waals surface area contributed by atoms with Crippen LogP contribution in [0.25, 0.3) is 22.0 Å². The van der Waals surface area contributed by atoms with E-state index in [1.54, 1.807) is 26.0 Å². The lowest BCUT2D eigenvalue weighted by molar-refractivity contribution is 0.430. The smallest absolute Gasteiger partial charge is 0.257 e. The Kier molecular flexibility index (Phi) is 6.38. The first kappa shape index (κ1) is 22.8. The highest BCUT2D eigenvalue weighted by Crippen LogP contribution is 2.40. The second-order valence-corrected chi connectivity index (χ2v) is 9.03. The number of hydrogen-bond donors (Lipinski definition) is 1. The fraction of sp³-hybridized carbons (Fsp3) is 0.292. The summed E-state index contributed by atoms with van der Waals surface area (Å²) < 4.78 is 30.6. The molecule has 0 spiro atoms. The number of allylic oxidation sites excluding steroid dienone is 1. The molecule has 0 radical (unpaired) electrons. The van der Waals surface area contributed by atoms with Gasteiger partial charge in [-0.1, -0.05) is 38.6 Å². The first-order valence-corrected chi connectivity index (χ1v) is 11.9. The molecule has 7 heteroatoms. The average Bonchev–Trinajstić information content (AvgIpc) is 3.57. The molecule has 6 nitrogen and oxygen atoms in total. The zero-order valence-electron chi connectivity index (χ0n) is 18.3. The maximum Gasteiger partial charge on any atom is 0.257 e. The summed E-state index contributed by atoms with van der Waals surface area (Å²) in [5.74, 6) is 1.05. The largest absolute Gasteiger partial charge is 0.461 e. The van der Waals surface area contributed by atoms with Gasteiger partial charge < -0.3 is 9.30 Å². The number of sulfonamides is 1. The van der Waals surface area contributed by atoms with Crippen molar-refractivity contribution in [2.45, 2.75) is 51.5 Å². The summed E-state index contributed by atoms with van der Waals surface area (Å²) >= 11 is 0. The van der Waals surface area contributed by atoms with Crippen LogP contribution in [0.5, 0.6) is 5.75 Å². The zero-order chi connectivity index (χ0) is 22.9. The van der Waals surface area contributed by atoms with E-state index < -0.39 is 10.0 Å². The van der Waals surface area contributed by atoms with E-state index >= 15 is 0 Å². The van der Waals surface area contributed by atoms with E-state index in [0.717, 1.165) is 34.9 Å². The van der Waals surface area contributed by atoms with Crippen molar-refractivity contribution in [1.29, 1.82) is 0 Å². The minimum atomic E-state index is -3.74. The first-order valence-electron chi connectivity index (χ1n) is 10.3. The third kappa shape index (κ3) is 4.57. The van der Waals surface area contributed by atoms with E-state index in [1.165, 1.54) is 12.1 Å². The number of hydrogen-bond acceptors (Lipinski definition) is 4. The van der Waals surface area contributed by atoms with Crippen molar-refractivity contribution < 1.29 is 13.2 Å². The van der Waals surface area contributed by atoms with Crippen molar-refractivity contribution in [3.8, 4) is 16.9 Å². The Morgan fingerprint density at radius 3 is 2.19 bits per heavy atom. The van der Waals surface area contributed by atoms with Gasteiger partial charge in [-0.25, -0.2) is 13.6 Å². The van der Waals surface area contributed by atoms with Crippen LogP contribution in [0, 0.1) is 6.92 Å². The van der Waals surface area contributed by atoms with E-state index in [0.29, 0.717) is 17.1 Å². The fourth-order valence-electron chi connectivity index (χ4n) is 3.53. The monoisotopic (exact) mass is 440 g/mol. The van der Waals surface area contributed by atoms with Crippen LogP contribution in [-0.2, 0) is 10.0 Å². The molecule has 1 saturated carbocycles. The molecule has 0 amide bonds. The number of primary sulfonamides is 1. The number of rotatable bonds is 5. The van der Waals surface area contributed by atoms with Crippen LogP contribution in [-0.4, -0.2) is 13.0 Å². The van der Waals surface area contributed by atoms with E-state index in [2.05, 4.69) is 6.58 Å². The number of fused-ring (bicyclic) bond motifs is 1. The molecule has 0 atom stereocenters. The molecule has 0 saturated heterocycles. The minimum Gasteiger partial charge on any atom is -0.461 e. The molecule has 0 aliphatic heterocycles. The topological polar surface area (TPSA) is 91.4 Å². The molecule has 1 aliphatic rings. The fourth-order valence-corrected chi connectivity index (χ4v) is 4.05. The summed E-state index contributed by atoms with van der Waals surface area (Å²) in [7, 11) is -3.74. The van der Waals surface area contributed by atoms with Gasteiger partial charge in [-0.15, -0.1) is 0 Å². The second kappa shape index (κ2) is 8.69. The van der Waals surface area contributed by atoms with E-state index in [1.807, 2.05) is 36.6 Å². The van der Waals surface area contributed by atoms with Crippen molar-refractivity contribution in [3.05, 3.63) is 70.7 Å². The molecular weight excluding hydrogens is 412 g/mol. The zero-order valence-corrected chi connectivity index (χ0v) is 19.1. The molecule has 1 aromatic heterocycles. The third-order valence-electron chi connectivity index (χ3n) is 5.09. The maximum absolute atomic E-state index is 13.0. The van der Waals surface area contributed by atoms with Gasteiger partial charge in [0.1, 0.15) is 5.75 Å². The number of nitrogens with zero attached hydrogens (tertiary/aromatic N) is 1. The summed E-state index contributed by atoms with van der Waals surface area (Å²) in [5.41, 5.74) is 3.01. The normalized spacial score (nSPS) is 13.5. The predicted molar refractivity (Wildman–Crippen MR) is 125 cm³/mol. The van der Waals surface area contributed by atoms with Gasteiger partial charge in [-0.2, -0.15) is 0 Å². The maximum atomic E-state index is 13.0. The Bertz CT molecular complexity index is 1300. The summed E-state index contributed by atoms with van der Waals surface area (Å²) in [6, 6.07) is 12.4. The van der Waals surface area contributed by atoms with E-state index in [9.17, 15) is 13.2 Å². The highest BCUT2D eigenvalue weighted by atomic mass is 32.2. The highest BCUT2D eigenvalue weighted by Gasteiger charge is 2.28.